The van der Waals surface area contributed by atoms with Gasteiger partial charge in [0, 0.05) is 12.5 Å². The molecule has 0 aromatic heterocycles. The Morgan fingerprint density at radius 2 is 1.49 bits per heavy atom. The minimum Gasteiger partial charge on any atom is -0.480 e. The summed E-state index contributed by atoms with van der Waals surface area (Å²) in [4.78, 5) is 46.9. The molecule has 10 heteroatoms. The van der Waals surface area contributed by atoms with Gasteiger partial charge in [-0.15, -0.1) is 0 Å². The molecule has 236 valence electrons. The molecule has 0 aromatic rings. The van der Waals surface area contributed by atoms with Crippen molar-refractivity contribution in [3.63, 3.8) is 0 Å². The topological polar surface area (TPSA) is 159 Å². The molecule has 41 heavy (non-hydrogen) atoms. The van der Waals surface area contributed by atoms with Gasteiger partial charge in [-0.1, -0.05) is 39.5 Å². The van der Waals surface area contributed by atoms with E-state index in [4.69, 9.17) is 9.47 Å². The van der Waals surface area contributed by atoms with Crippen molar-refractivity contribution in [1.29, 1.82) is 0 Å². The number of aliphatic carboxylic acids is 2. The zero-order valence-corrected chi connectivity index (χ0v) is 25.9. The number of hydrogen-bond donors (Lipinski definition) is 4. The van der Waals surface area contributed by atoms with Crippen molar-refractivity contribution in [2.24, 2.45) is 28.6 Å². The van der Waals surface area contributed by atoms with Gasteiger partial charge in [-0.05, 0) is 84.5 Å². The molecule has 0 spiro atoms. The number of esters is 2. The van der Waals surface area contributed by atoms with Crippen LogP contribution in [0.2, 0.25) is 0 Å². The standard InChI is InChI=1S/C17H29NO5.C14H24O4/c1-4-16(2,3)15(22)23-10-13(19)9-18-17(14(20)21)8-11-5-6-12(17)7-11;1-4-14(2,3)13(17)18-11(12(15)16)10-8-6-5-7-9-10/h11-13,18-19H,4-10H2,1-3H3,(H,20,21);10-11H,4-9H2,1-3H3,(H,15,16). The maximum absolute atomic E-state index is 12.0. The monoisotopic (exact) mass is 583 g/mol. The number of rotatable bonds is 13. The minimum atomic E-state index is -1.01. The first-order valence-corrected chi connectivity index (χ1v) is 15.4. The average molecular weight is 584 g/mol. The van der Waals surface area contributed by atoms with Gasteiger partial charge in [0.15, 0.2) is 0 Å². The molecule has 3 aliphatic carbocycles. The van der Waals surface area contributed by atoms with E-state index >= 15 is 0 Å². The van der Waals surface area contributed by atoms with Crippen LogP contribution >= 0.6 is 0 Å². The second-order valence-electron chi connectivity index (χ2n) is 13.5. The van der Waals surface area contributed by atoms with Gasteiger partial charge in [-0.3, -0.25) is 19.7 Å². The lowest BCUT2D eigenvalue weighted by atomic mass is 9.81. The van der Waals surface area contributed by atoms with Crippen LogP contribution in [-0.2, 0) is 28.7 Å². The highest BCUT2D eigenvalue weighted by Gasteiger charge is 2.55. The lowest BCUT2D eigenvalue weighted by Gasteiger charge is -2.35. The van der Waals surface area contributed by atoms with Crippen LogP contribution < -0.4 is 5.32 Å². The summed E-state index contributed by atoms with van der Waals surface area (Å²) < 4.78 is 10.4. The van der Waals surface area contributed by atoms with Gasteiger partial charge >= 0.3 is 23.9 Å². The number of aliphatic hydroxyl groups is 1. The maximum Gasteiger partial charge on any atom is 0.345 e. The number of fused-ring (bicyclic) bond motifs is 2. The third kappa shape index (κ3) is 9.14. The van der Waals surface area contributed by atoms with Crippen LogP contribution in [0.15, 0.2) is 0 Å². The Balaban J connectivity index is 0.000000296. The number of hydrogen-bond acceptors (Lipinski definition) is 8. The number of carboxylic acid groups (broad SMARTS) is 2. The largest absolute Gasteiger partial charge is 0.480 e. The van der Waals surface area contributed by atoms with Gasteiger partial charge in [0.25, 0.3) is 0 Å². The zero-order chi connectivity index (χ0) is 31.0. The number of carboxylic acids is 2. The summed E-state index contributed by atoms with van der Waals surface area (Å²) in [5.41, 5.74) is -2.10. The molecule has 3 rings (SSSR count). The van der Waals surface area contributed by atoms with E-state index in [0.29, 0.717) is 25.2 Å². The summed E-state index contributed by atoms with van der Waals surface area (Å²) in [5, 5.41) is 32.0. The lowest BCUT2D eigenvalue weighted by molar-refractivity contribution is -0.175. The van der Waals surface area contributed by atoms with Gasteiger partial charge in [0.2, 0.25) is 6.10 Å². The van der Waals surface area contributed by atoms with E-state index in [1.165, 1.54) is 0 Å². The zero-order valence-electron chi connectivity index (χ0n) is 25.9. The van der Waals surface area contributed by atoms with Crippen LogP contribution in [-0.4, -0.2) is 70.1 Å². The summed E-state index contributed by atoms with van der Waals surface area (Å²) in [5.74, 6) is -1.99. The van der Waals surface area contributed by atoms with Crippen molar-refractivity contribution in [3.8, 4) is 0 Å². The number of nitrogens with one attached hydrogen (secondary N) is 1. The van der Waals surface area contributed by atoms with E-state index in [-0.39, 0.29) is 31.0 Å². The highest BCUT2D eigenvalue weighted by Crippen LogP contribution is 2.50. The fourth-order valence-electron chi connectivity index (χ4n) is 5.96. The van der Waals surface area contributed by atoms with Crippen molar-refractivity contribution < 1.29 is 44.0 Å². The van der Waals surface area contributed by atoms with Crippen LogP contribution in [0.3, 0.4) is 0 Å². The fraction of sp³-hybridized carbons (Fsp3) is 0.871. The molecule has 0 radical (unpaired) electrons. The van der Waals surface area contributed by atoms with E-state index in [2.05, 4.69) is 5.32 Å². The van der Waals surface area contributed by atoms with Crippen LogP contribution in [0.5, 0.6) is 0 Å². The van der Waals surface area contributed by atoms with Crippen LogP contribution in [0.4, 0.5) is 0 Å². The molecule has 0 amide bonds. The Bertz CT molecular complexity index is 911. The van der Waals surface area contributed by atoms with Gasteiger partial charge in [0.05, 0.1) is 10.8 Å². The summed E-state index contributed by atoms with van der Waals surface area (Å²) in [6.07, 6.45) is 7.95. The van der Waals surface area contributed by atoms with E-state index in [0.717, 1.165) is 51.4 Å². The highest BCUT2D eigenvalue weighted by molar-refractivity contribution is 5.81. The third-order valence-corrected chi connectivity index (χ3v) is 9.72. The Morgan fingerprint density at radius 3 is 1.95 bits per heavy atom. The predicted molar refractivity (Wildman–Crippen MR) is 153 cm³/mol. The molecule has 3 saturated carbocycles. The molecule has 3 fully saturated rings. The molecule has 2 bridgehead atoms. The molecule has 10 nitrogen and oxygen atoms in total. The van der Waals surface area contributed by atoms with Crippen molar-refractivity contribution in [3.05, 3.63) is 0 Å². The smallest absolute Gasteiger partial charge is 0.345 e. The first kappa shape index (κ1) is 35.0. The summed E-state index contributed by atoms with van der Waals surface area (Å²) in [6.45, 7) is 11.0. The van der Waals surface area contributed by atoms with Crippen molar-refractivity contribution >= 4 is 23.9 Å². The van der Waals surface area contributed by atoms with Gasteiger partial charge in [0.1, 0.15) is 18.2 Å². The first-order valence-electron chi connectivity index (χ1n) is 15.4. The second kappa shape index (κ2) is 14.8. The minimum absolute atomic E-state index is 0.0205. The number of β-amino-alcohol motifs (C(OH)–C–C–N with tert-alkyl or cyclic N) is 1. The van der Waals surface area contributed by atoms with E-state index < -0.39 is 46.5 Å². The number of aliphatic hydroxyl groups excluding tert-OH is 1. The molecule has 5 atom stereocenters. The normalized spacial score (nSPS) is 25.9. The SMILES string of the molecule is CCC(C)(C)C(=O)OC(C(=O)O)C1CCCCC1.CCC(C)(C)C(=O)OCC(O)CNC1(C(=O)O)CC2CCC1C2. The summed E-state index contributed by atoms with van der Waals surface area (Å²) in [7, 11) is 0. The Hall–Kier alpha value is -2.20. The second-order valence-corrected chi connectivity index (χ2v) is 13.5. The predicted octanol–water partition coefficient (Wildman–Crippen LogP) is 4.56. The van der Waals surface area contributed by atoms with Gasteiger partial charge < -0.3 is 24.8 Å². The number of carbonyl (C=O) groups excluding carboxylic acids is 2. The van der Waals surface area contributed by atoms with Gasteiger partial charge in [-0.25, -0.2) is 4.79 Å². The van der Waals surface area contributed by atoms with Gasteiger partial charge in [-0.2, -0.15) is 0 Å². The molecule has 3 aliphatic rings. The third-order valence-electron chi connectivity index (χ3n) is 9.72. The molecule has 0 aliphatic heterocycles. The summed E-state index contributed by atoms with van der Waals surface area (Å²) in [6, 6.07) is 0. The number of carbonyl (C=O) groups is 4. The fourth-order valence-corrected chi connectivity index (χ4v) is 5.96. The van der Waals surface area contributed by atoms with E-state index in [1.54, 1.807) is 27.7 Å². The number of ether oxygens (including phenoxy) is 2. The first-order chi connectivity index (χ1) is 19.1. The van der Waals surface area contributed by atoms with Crippen molar-refractivity contribution in [2.75, 3.05) is 13.2 Å². The summed E-state index contributed by atoms with van der Waals surface area (Å²) >= 11 is 0. The molecular formula is C31H53NO9. The van der Waals surface area contributed by atoms with Crippen LogP contribution in [0, 0.1) is 28.6 Å². The van der Waals surface area contributed by atoms with E-state index in [1.807, 2.05) is 13.8 Å². The highest BCUT2D eigenvalue weighted by atomic mass is 16.6. The quantitative estimate of drug-likeness (QED) is 0.226. The molecule has 4 N–H and O–H groups in total. The Morgan fingerprint density at radius 1 is 0.902 bits per heavy atom. The maximum atomic E-state index is 12.0. The van der Waals surface area contributed by atoms with Crippen molar-refractivity contribution in [1.82, 2.24) is 5.32 Å². The Kier molecular flexibility index (Phi) is 12.6. The molecule has 0 heterocycles. The average Bonchev–Trinajstić information content (AvgIpc) is 3.56. The molecule has 0 aromatic carbocycles. The molecule has 0 saturated heterocycles. The molecule has 5 unspecified atom stereocenters. The van der Waals surface area contributed by atoms with Crippen LogP contribution in [0.1, 0.15) is 112 Å². The lowest BCUT2D eigenvalue weighted by Crippen LogP contribution is -2.57. The van der Waals surface area contributed by atoms with Crippen molar-refractivity contribution in [2.45, 2.75) is 130 Å². The van der Waals surface area contributed by atoms with E-state index in [9.17, 15) is 34.5 Å². The Labute approximate surface area is 244 Å². The van der Waals surface area contributed by atoms with Crippen LogP contribution in [0.25, 0.3) is 0 Å². The molecular weight excluding hydrogens is 530 g/mol.